The predicted octanol–water partition coefficient (Wildman–Crippen LogP) is 2.50. The fraction of sp³-hybridized carbons (Fsp3) is 0.533. The molecule has 1 heterocycles. The van der Waals surface area contributed by atoms with E-state index in [-0.39, 0.29) is 18.2 Å². The standard InChI is InChI=1S/C15H18F3NO2/c16-15(17,18)13(20)10-19-8-4-7-12(9-19)14(21)11-5-2-1-3-6-11/h1-3,5-6,12-13,20H,4,7-10H2/t12?,13-/m0/s1. The third-order valence-corrected chi connectivity index (χ3v) is 3.74. The molecule has 1 N–H and O–H groups in total. The van der Waals surface area contributed by atoms with Crippen LogP contribution in [0.3, 0.4) is 0 Å². The molecule has 21 heavy (non-hydrogen) atoms. The Morgan fingerprint density at radius 2 is 2.00 bits per heavy atom. The molecule has 1 aliphatic rings. The molecule has 1 unspecified atom stereocenters. The molecule has 1 aromatic carbocycles. The molecule has 0 radical (unpaired) electrons. The van der Waals surface area contributed by atoms with Crippen molar-refractivity contribution in [1.82, 2.24) is 4.90 Å². The topological polar surface area (TPSA) is 40.5 Å². The fourth-order valence-corrected chi connectivity index (χ4v) is 2.62. The van der Waals surface area contributed by atoms with Gasteiger partial charge in [-0.05, 0) is 19.4 Å². The van der Waals surface area contributed by atoms with Crippen molar-refractivity contribution in [3.8, 4) is 0 Å². The Kier molecular flexibility index (Phi) is 5.00. The zero-order chi connectivity index (χ0) is 15.5. The summed E-state index contributed by atoms with van der Waals surface area (Å²) in [6.45, 7) is 0.272. The maximum absolute atomic E-state index is 12.4. The van der Waals surface area contributed by atoms with Gasteiger partial charge in [-0.15, -0.1) is 0 Å². The highest BCUT2D eigenvalue weighted by molar-refractivity contribution is 5.98. The number of Topliss-reactive ketones (excluding diaryl/α,β-unsaturated/α-hetero) is 1. The Morgan fingerprint density at radius 3 is 2.62 bits per heavy atom. The number of carbonyl (C=O) groups is 1. The van der Waals surface area contributed by atoms with E-state index in [1.165, 1.54) is 4.90 Å². The van der Waals surface area contributed by atoms with Gasteiger partial charge >= 0.3 is 6.18 Å². The number of rotatable bonds is 4. The average molecular weight is 301 g/mol. The smallest absolute Gasteiger partial charge is 0.382 e. The monoisotopic (exact) mass is 301 g/mol. The maximum atomic E-state index is 12.4. The predicted molar refractivity (Wildman–Crippen MR) is 72.0 cm³/mol. The Hall–Kier alpha value is -1.40. The van der Waals surface area contributed by atoms with E-state index in [1.807, 2.05) is 6.07 Å². The van der Waals surface area contributed by atoms with Crippen molar-refractivity contribution in [2.75, 3.05) is 19.6 Å². The van der Waals surface area contributed by atoms with E-state index in [1.54, 1.807) is 24.3 Å². The van der Waals surface area contributed by atoms with Gasteiger partial charge in [-0.3, -0.25) is 9.69 Å². The van der Waals surface area contributed by atoms with E-state index >= 15 is 0 Å². The first-order valence-corrected chi connectivity index (χ1v) is 6.94. The number of aliphatic hydroxyl groups excluding tert-OH is 1. The average Bonchev–Trinajstić information content (AvgIpc) is 2.46. The number of aliphatic hydroxyl groups is 1. The van der Waals surface area contributed by atoms with Gasteiger partial charge in [0.15, 0.2) is 11.9 Å². The Balaban J connectivity index is 1.96. The van der Waals surface area contributed by atoms with Crippen LogP contribution in [0.25, 0.3) is 0 Å². The number of piperidine rings is 1. The van der Waals surface area contributed by atoms with Crippen molar-refractivity contribution in [3.05, 3.63) is 35.9 Å². The summed E-state index contributed by atoms with van der Waals surface area (Å²) in [5.74, 6) is -0.344. The minimum absolute atomic E-state index is 0.0400. The minimum atomic E-state index is -4.61. The molecule has 1 aliphatic heterocycles. The van der Waals surface area contributed by atoms with Gasteiger partial charge in [0.1, 0.15) is 0 Å². The van der Waals surface area contributed by atoms with Gasteiger partial charge in [-0.2, -0.15) is 13.2 Å². The molecule has 0 bridgehead atoms. The molecular formula is C15H18F3NO2. The number of benzene rings is 1. The summed E-state index contributed by atoms with van der Waals surface area (Å²) in [5, 5.41) is 9.13. The highest BCUT2D eigenvalue weighted by atomic mass is 19.4. The molecule has 6 heteroatoms. The summed E-state index contributed by atoms with van der Waals surface area (Å²) in [6.07, 6.45) is -5.64. The van der Waals surface area contributed by atoms with Crippen LogP contribution in [-0.2, 0) is 0 Å². The third-order valence-electron chi connectivity index (χ3n) is 3.74. The van der Waals surface area contributed by atoms with Crippen molar-refractivity contribution in [3.63, 3.8) is 0 Å². The number of likely N-dealkylation sites (tertiary alicyclic amines) is 1. The zero-order valence-electron chi connectivity index (χ0n) is 11.5. The van der Waals surface area contributed by atoms with Crippen molar-refractivity contribution in [2.24, 2.45) is 5.92 Å². The largest absolute Gasteiger partial charge is 0.415 e. The van der Waals surface area contributed by atoms with E-state index in [9.17, 15) is 18.0 Å². The van der Waals surface area contributed by atoms with Crippen molar-refractivity contribution < 1.29 is 23.1 Å². The van der Waals surface area contributed by atoms with Crippen LogP contribution in [0.5, 0.6) is 0 Å². The summed E-state index contributed by atoms with van der Waals surface area (Å²) >= 11 is 0. The lowest BCUT2D eigenvalue weighted by atomic mass is 9.90. The number of carbonyl (C=O) groups excluding carboxylic acids is 1. The molecule has 1 fully saturated rings. The summed E-state index contributed by atoms with van der Waals surface area (Å²) in [4.78, 5) is 13.8. The molecule has 2 rings (SSSR count). The second-order valence-corrected chi connectivity index (χ2v) is 5.39. The van der Waals surface area contributed by atoms with Crippen LogP contribution in [0.4, 0.5) is 13.2 Å². The summed E-state index contributed by atoms with van der Waals surface area (Å²) in [5.41, 5.74) is 0.584. The number of nitrogens with zero attached hydrogens (tertiary/aromatic N) is 1. The molecule has 1 saturated heterocycles. The minimum Gasteiger partial charge on any atom is -0.382 e. The van der Waals surface area contributed by atoms with Crippen molar-refractivity contribution >= 4 is 5.78 Å². The van der Waals surface area contributed by atoms with Crippen LogP contribution in [0.1, 0.15) is 23.2 Å². The molecule has 1 aromatic rings. The molecule has 116 valence electrons. The fourth-order valence-electron chi connectivity index (χ4n) is 2.62. The van der Waals surface area contributed by atoms with Crippen LogP contribution in [0.2, 0.25) is 0 Å². The lowest BCUT2D eigenvalue weighted by Crippen LogP contribution is -2.46. The molecule has 0 aliphatic carbocycles. The molecule has 0 saturated carbocycles. The quantitative estimate of drug-likeness (QED) is 0.869. The van der Waals surface area contributed by atoms with E-state index in [0.717, 1.165) is 0 Å². The van der Waals surface area contributed by atoms with Crippen molar-refractivity contribution in [1.29, 1.82) is 0 Å². The number of halogens is 3. The van der Waals surface area contributed by atoms with Gasteiger partial charge in [0.05, 0.1) is 0 Å². The molecular weight excluding hydrogens is 283 g/mol. The molecule has 3 nitrogen and oxygen atoms in total. The van der Waals surface area contributed by atoms with E-state index in [0.29, 0.717) is 24.9 Å². The second kappa shape index (κ2) is 6.58. The van der Waals surface area contributed by atoms with Crippen molar-refractivity contribution in [2.45, 2.75) is 25.1 Å². The van der Waals surface area contributed by atoms with Gasteiger partial charge in [-0.1, -0.05) is 30.3 Å². The normalized spacial score (nSPS) is 22.0. The number of alkyl halides is 3. The van der Waals surface area contributed by atoms with Crippen LogP contribution in [-0.4, -0.2) is 47.7 Å². The van der Waals surface area contributed by atoms with E-state index in [4.69, 9.17) is 5.11 Å². The van der Waals surface area contributed by atoms with Gasteiger partial charge in [0, 0.05) is 24.6 Å². The molecule has 2 atom stereocenters. The number of hydrogen-bond donors (Lipinski definition) is 1. The zero-order valence-corrected chi connectivity index (χ0v) is 11.5. The lowest BCUT2D eigenvalue weighted by Gasteiger charge is -2.33. The van der Waals surface area contributed by atoms with Crippen LogP contribution in [0, 0.1) is 5.92 Å². The van der Waals surface area contributed by atoms with Crippen LogP contribution < -0.4 is 0 Å². The maximum Gasteiger partial charge on any atom is 0.415 e. The van der Waals surface area contributed by atoms with E-state index < -0.39 is 18.8 Å². The third kappa shape index (κ3) is 4.28. The Bertz CT molecular complexity index is 476. The van der Waals surface area contributed by atoms with Gasteiger partial charge in [0.25, 0.3) is 0 Å². The molecule has 0 aromatic heterocycles. The van der Waals surface area contributed by atoms with Gasteiger partial charge in [-0.25, -0.2) is 0 Å². The highest BCUT2D eigenvalue weighted by Gasteiger charge is 2.40. The molecule has 0 amide bonds. The Morgan fingerprint density at radius 1 is 1.33 bits per heavy atom. The first kappa shape index (κ1) is 16.0. The Labute approximate surface area is 121 Å². The summed E-state index contributed by atoms with van der Waals surface area (Å²) in [7, 11) is 0. The number of ketones is 1. The lowest BCUT2D eigenvalue weighted by molar-refractivity contribution is -0.208. The SMILES string of the molecule is O=C(c1ccccc1)C1CCCN(C[C@H](O)C(F)(F)F)C1. The highest BCUT2D eigenvalue weighted by Crippen LogP contribution is 2.25. The summed E-state index contributed by atoms with van der Waals surface area (Å²) in [6, 6.07) is 8.77. The summed E-state index contributed by atoms with van der Waals surface area (Å²) < 4.78 is 37.1. The van der Waals surface area contributed by atoms with Gasteiger partial charge < -0.3 is 5.11 Å². The van der Waals surface area contributed by atoms with Crippen LogP contribution >= 0.6 is 0 Å². The first-order chi connectivity index (χ1) is 9.88. The van der Waals surface area contributed by atoms with Crippen LogP contribution in [0.15, 0.2) is 30.3 Å². The van der Waals surface area contributed by atoms with E-state index in [2.05, 4.69) is 0 Å². The molecule has 0 spiro atoms. The number of β-amino-alcohol motifs (C(OH)–C–C–N with tert-alkyl or cyclic N) is 1. The second-order valence-electron chi connectivity index (χ2n) is 5.39. The first-order valence-electron chi connectivity index (χ1n) is 6.94. The number of hydrogen-bond acceptors (Lipinski definition) is 3. The van der Waals surface area contributed by atoms with Gasteiger partial charge in [0.2, 0.25) is 0 Å².